The maximum absolute atomic E-state index is 14.5. The molecule has 2 aromatic rings. The first-order valence-corrected chi connectivity index (χ1v) is 28.0. The highest BCUT2D eigenvalue weighted by atomic mass is 32.2. The molecule has 6 amide bonds. The number of aldehydes is 1. The summed E-state index contributed by atoms with van der Waals surface area (Å²) in [6, 6.07) is 7.66. The maximum Gasteiger partial charge on any atom is 0.319 e. The molecular weight excluding hydrogens is 1020 g/mol. The summed E-state index contributed by atoms with van der Waals surface area (Å²) in [4.78, 5) is 114. The Hall–Kier alpha value is -5.90. The van der Waals surface area contributed by atoms with Gasteiger partial charge in [-0.2, -0.15) is 0 Å². The average molecular weight is 1090 g/mol. The molecule has 0 saturated carbocycles. The second-order valence-electron chi connectivity index (χ2n) is 20.3. The van der Waals surface area contributed by atoms with E-state index in [-0.39, 0.29) is 72.2 Å². The molecule has 26 heteroatoms. The van der Waals surface area contributed by atoms with Gasteiger partial charge in [-0.3, -0.25) is 43.4 Å². The molecule has 0 aliphatic carbocycles. The van der Waals surface area contributed by atoms with E-state index in [4.69, 9.17) is 19.8 Å². The number of anilines is 2. The zero-order valence-electron chi connectivity index (χ0n) is 43.3. The van der Waals surface area contributed by atoms with Gasteiger partial charge in [0, 0.05) is 62.7 Å². The molecule has 0 spiro atoms. The molecule has 0 bridgehead atoms. The Morgan fingerprint density at radius 1 is 0.653 bits per heavy atom. The second-order valence-corrected chi connectivity index (χ2v) is 23.4. The van der Waals surface area contributed by atoms with E-state index in [0.29, 0.717) is 70.9 Å². The number of likely N-dealkylation sites (tertiary alicyclic amines) is 3. The fourth-order valence-corrected chi connectivity index (χ4v) is 10.4. The SMILES string of the molecule is COC(=O)CN(CCN(CC(=O)Nc1ccc(S(N)(=O)=O)cc1)CC(=O)N1CCC[C@H]1C(=O)N1CCC[C@H]1C(=O)N1CCC[C@H]1C(=O)NC(C)(C)CCOC(C)(C)CCC=O)CC(=O)Nc1ccc(S(N)(=O)=O)cc1. The lowest BCUT2D eigenvalue weighted by Gasteiger charge is -2.35. The Morgan fingerprint density at radius 3 is 1.56 bits per heavy atom. The van der Waals surface area contributed by atoms with Gasteiger partial charge in [0.25, 0.3) is 0 Å². The monoisotopic (exact) mass is 1090 g/mol. The number of rotatable bonds is 26. The Labute approximate surface area is 438 Å². The van der Waals surface area contributed by atoms with Gasteiger partial charge in [-0.1, -0.05) is 0 Å². The van der Waals surface area contributed by atoms with E-state index in [1.165, 1.54) is 68.1 Å². The number of amides is 6. The number of sulfonamides is 2. The van der Waals surface area contributed by atoms with E-state index in [1.54, 1.807) is 4.90 Å². The van der Waals surface area contributed by atoms with Crippen molar-refractivity contribution < 1.29 is 64.7 Å². The lowest BCUT2D eigenvalue weighted by Crippen LogP contribution is -2.57. The molecule has 0 unspecified atom stereocenters. The van der Waals surface area contributed by atoms with Crippen molar-refractivity contribution in [1.82, 2.24) is 29.8 Å². The first-order chi connectivity index (χ1) is 35.2. The van der Waals surface area contributed by atoms with Crippen molar-refractivity contribution in [2.24, 2.45) is 10.3 Å². The smallest absolute Gasteiger partial charge is 0.319 e. The number of hydrogen-bond donors (Lipinski definition) is 5. The summed E-state index contributed by atoms with van der Waals surface area (Å²) in [6.07, 6.45) is 4.99. The minimum absolute atomic E-state index is 0.0698. The van der Waals surface area contributed by atoms with Gasteiger partial charge in [0.1, 0.15) is 24.4 Å². The molecule has 3 heterocycles. The van der Waals surface area contributed by atoms with Gasteiger partial charge in [0.15, 0.2) is 0 Å². The van der Waals surface area contributed by atoms with Crippen LogP contribution in [0.4, 0.5) is 11.4 Å². The second kappa shape index (κ2) is 26.2. The number of nitrogens with two attached hydrogens (primary N) is 2. The maximum atomic E-state index is 14.5. The highest BCUT2D eigenvalue weighted by molar-refractivity contribution is 7.89. The van der Waals surface area contributed by atoms with Crippen LogP contribution in [0, 0.1) is 0 Å². The predicted octanol–water partition coefficient (Wildman–Crippen LogP) is 0.368. The van der Waals surface area contributed by atoms with Crippen molar-refractivity contribution in [2.75, 3.05) is 83.3 Å². The standard InChI is InChI=1S/C49H72N10O14S2/c1-48(2,22-29-73-49(3,4)21-9-28-60)54-45(65)38-10-6-24-58(38)47(67)40-12-8-25-59(40)46(66)39-11-7-23-57(39)43(63)32-55(30-41(61)52-34-13-17-36(18-14-34)74(50,68)69)26-27-56(33-44(64)72-5)31-42(62)53-35-15-19-37(20-16-35)75(51,70)71/h13-20,28,38-40H,6-12,21-27,29-33H2,1-5H3,(H,52,61)(H,53,62)(H,54,65)(H2,50,68,69)(H2,51,70,71)/t38-,39-,40-/m0/s1. The van der Waals surface area contributed by atoms with Crippen LogP contribution in [-0.2, 0) is 67.9 Å². The summed E-state index contributed by atoms with van der Waals surface area (Å²) in [5.41, 5.74) is -0.736. The number of carbonyl (C=O) groups excluding carboxylic acids is 8. The quantitative estimate of drug-likeness (QED) is 0.0628. The third-order valence-electron chi connectivity index (χ3n) is 13.4. The largest absolute Gasteiger partial charge is 0.468 e. The van der Waals surface area contributed by atoms with E-state index in [0.717, 1.165) is 13.4 Å². The van der Waals surface area contributed by atoms with Crippen LogP contribution in [0.5, 0.6) is 0 Å². The number of hydrogen-bond acceptors (Lipinski definition) is 16. The van der Waals surface area contributed by atoms with Gasteiger partial charge in [0.05, 0.1) is 48.7 Å². The number of primary sulfonamides is 2. The molecule has 3 saturated heterocycles. The zero-order chi connectivity index (χ0) is 55.3. The normalized spacial score (nSPS) is 18.3. The summed E-state index contributed by atoms with van der Waals surface area (Å²) in [5.74, 6) is -3.47. The molecule has 0 aromatic heterocycles. The number of benzene rings is 2. The van der Waals surface area contributed by atoms with Crippen LogP contribution >= 0.6 is 0 Å². The molecule has 24 nitrogen and oxygen atoms in total. The third kappa shape index (κ3) is 17.9. The topological polar surface area (TPSA) is 328 Å². The fraction of sp³-hybridized carbons (Fsp3) is 0.592. The molecule has 2 aromatic carbocycles. The molecule has 3 atom stereocenters. The number of nitrogens with zero attached hydrogens (tertiary/aromatic N) is 5. The van der Waals surface area contributed by atoms with Gasteiger partial charge < -0.3 is 44.9 Å². The molecule has 75 heavy (non-hydrogen) atoms. The van der Waals surface area contributed by atoms with Crippen LogP contribution in [0.15, 0.2) is 58.3 Å². The molecule has 3 aliphatic heterocycles. The number of carbonyl (C=O) groups is 8. The van der Waals surface area contributed by atoms with Crippen molar-refractivity contribution in [2.45, 2.75) is 125 Å². The van der Waals surface area contributed by atoms with Crippen LogP contribution < -0.4 is 26.2 Å². The van der Waals surface area contributed by atoms with Crippen molar-refractivity contribution in [1.29, 1.82) is 0 Å². The van der Waals surface area contributed by atoms with E-state index in [1.807, 2.05) is 27.7 Å². The van der Waals surface area contributed by atoms with Crippen LogP contribution in [0.3, 0.4) is 0 Å². The van der Waals surface area contributed by atoms with Gasteiger partial charge >= 0.3 is 5.97 Å². The van der Waals surface area contributed by atoms with Gasteiger partial charge in [0.2, 0.25) is 55.5 Å². The van der Waals surface area contributed by atoms with Crippen molar-refractivity contribution in [3.05, 3.63) is 48.5 Å². The number of esters is 1. The highest BCUT2D eigenvalue weighted by Gasteiger charge is 2.46. The Morgan fingerprint density at radius 2 is 1.09 bits per heavy atom. The number of methoxy groups -OCH3 is 1. The van der Waals surface area contributed by atoms with Crippen LogP contribution in [0.25, 0.3) is 0 Å². The first kappa shape index (κ1) is 60.0. The van der Waals surface area contributed by atoms with Crippen molar-refractivity contribution in [3.8, 4) is 0 Å². The Balaban J connectivity index is 1.27. The van der Waals surface area contributed by atoms with Gasteiger partial charge in [-0.05, 0) is 128 Å². The first-order valence-electron chi connectivity index (χ1n) is 24.9. The zero-order valence-corrected chi connectivity index (χ0v) is 44.9. The van der Waals surface area contributed by atoms with Crippen LogP contribution in [0.2, 0.25) is 0 Å². The predicted molar refractivity (Wildman–Crippen MR) is 274 cm³/mol. The highest BCUT2D eigenvalue weighted by Crippen LogP contribution is 2.29. The molecule has 3 aliphatic rings. The number of ether oxygens (including phenoxy) is 2. The van der Waals surface area contributed by atoms with Crippen molar-refractivity contribution in [3.63, 3.8) is 0 Å². The van der Waals surface area contributed by atoms with Crippen LogP contribution in [-0.4, -0.2) is 191 Å². The summed E-state index contributed by atoms with van der Waals surface area (Å²) in [6.45, 7) is 6.99. The third-order valence-corrected chi connectivity index (χ3v) is 15.3. The summed E-state index contributed by atoms with van der Waals surface area (Å²) in [7, 11) is -6.85. The lowest BCUT2D eigenvalue weighted by atomic mass is 9.99. The molecule has 3 fully saturated rings. The molecule has 0 radical (unpaired) electrons. The van der Waals surface area contributed by atoms with E-state index in [9.17, 15) is 55.2 Å². The number of nitrogens with one attached hydrogen (secondary N) is 3. The summed E-state index contributed by atoms with van der Waals surface area (Å²) >= 11 is 0. The minimum Gasteiger partial charge on any atom is -0.468 e. The minimum atomic E-state index is -4.02. The van der Waals surface area contributed by atoms with Crippen LogP contribution in [0.1, 0.15) is 85.5 Å². The van der Waals surface area contributed by atoms with E-state index >= 15 is 0 Å². The van der Waals surface area contributed by atoms with Gasteiger partial charge in [-0.15, -0.1) is 0 Å². The lowest BCUT2D eigenvalue weighted by molar-refractivity contribution is -0.151. The fourth-order valence-electron chi connectivity index (χ4n) is 9.34. The van der Waals surface area contributed by atoms with E-state index in [2.05, 4.69) is 16.0 Å². The molecule has 414 valence electrons. The molecule has 5 rings (SSSR count). The summed E-state index contributed by atoms with van der Waals surface area (Å²) in [5, 5.41) is 18.8. The van der Waals surface area contributed by atoms with Gasteiger partial charge in [-0.25, -0.2) is 27.1 Å². The Kier molecular flexibility index (Phi) is 21.0. The molecular formula is C49H72N10O14S2. The average Bonchev–Trinajstić information content (AvgIpc) is 4.14. The summed E-state index contributed by atoms with van der Waals surface area (Å²) < 4.78 is 57.9. The van der Waals surface area contributed by atoms with Crippen molar-refractivity contribution >= 4 is 79.1 Å². The van der Waals surface area contributed by atoms with E-state index < -0.39 is 92.0 Å². The molecule has 7 N–H and O–H groups in total. The Bertz CT molecular complexity index is 2620.